The number of pyridine rings is 1. The summed E-state index contributed by atoms with van der Waals surface area (Å²) in [5, 5.41) is 0. The van der Waals surface area contributed by atoms with Crippen LogP contribution in [0.25, 0.3) is 0 Å². The lowest BCUT2D eigenvalue weighted by Gasteiger charge is -2.39. The van der Waals surface area contributed by atoms with Crippen LogP contribution in [0, 0.1) is 6.92 Å². The summed E-state index contributed by atoms with van der Waals surface area (Å²) in [5.74, 6) is 1.56. The van der Waals surface area contributed by atoms with E-state index < -0.39 is 5.60 Å². The summed E-state index contributed by atoms with van der Waals surface area (Å²) in [6.07, 6.45) is 8.00. The van der Waals surface area contributed by atoms with E-state index in [2.05, 4.69) is 15.0 Å². The molecule has 0 aromatic carbocycles. The van der Waals surface area contributed by atoms with E-state index >= 15 is 0 Å². The van der Waals surface area contributed by atoms with Crippen molar-refractivity contribution in [2.45, 2.75) is 77.2 Å². The molecule has 0 N–H and O–H groups in total. The van der Waals surface area contributed by atoms with Crippen LogP contribution in [0.3, 0.4) is 0 Å². The molecule has 8 heteroatoms. The van der Waals surface area contributed by atoms with E-state index in [4.69, 9.17) is 14.2 Å². The zero-order valence-corrected chi connectivity index (χ0v) is 17.9. The lowest BCUT2D eigenvalue weighted by molar-refractivity contribution is -0.00772. The van der Waals surface area contributed by atoms with Gasteiger partial charge in [0.05, 0.1) is 11.8 Å². The smallest absolute Gasteiger partial charge is 0.410 e. The van der Waals surface area contributed by atoms with Crippen molar-refractivity contribution >= 4 is 6.09 Å². The van der Waals surface area contributed by atoms with Crippen LogP contribution in [0.2, 0.25) is 0 Å². The molecule has 2 atom stereocenters. The second kappa shape index (κ2) is 8.08. The Morgan fingerprint density at radius 2 is 1.83 bits per heavy atom. The number of rotatable bonds is 4. The van der Waals surface area contributed by atoms with Crippen molar-refractivity contribution in [2.24, 2.45) is 0 Å². The number of carbonyl (C=O) groups excluding carboxylic acids is 1. The average molecular weight is 412 g/mol. The van der Waals surface area contributed by atoms with Gasteiger partial charge in [-0.2, -0.15) is 0 Å². The fourth-order valence-corrected chi connectivity index (χ4v) is 4.15. The predicted molar refractivity (Wildman–Crippen MR) is 110 cm³/mol. The summed E-state index contributed by atoms with van der Waals surface area (Å²) < 4.78 is 17.7. The maximum atomic E-state index is 12.6. The van der Waals surface area contributed by atoms with E-state index in [1.54, 1.807) is 18.5 Å². The minimum Gasteiger partial charge on any atom is -0.474 e. The first-order valence-electron chi connectivity index (χ1n) is 10.4. The van der Waals surface area contributed by atoms with Crippen LogP contribution >= 0.6 is 0 Å². The summed E-state index contributed by atoms with van der Waals surface area (Å²) in [7, 11) is 0. The van der Waals surface area contributed by atoms with Crippen molar-refractivity contribution in [3.8, 4) is 17.5 Å². The largest absolute Gasteiger partial charge is 0.474 e. The maximum absolute atomic E-state index is 12.6. The van der Waals surface area contributed by atoms with Crippen LogP contribution < -0.4 is 9.47 Å². The number of ether oxygens (including phenoxy) is 3. The Bertz CT molecular complexity index is 886. The molecule has 4 heterocycles. The third-order valence-corrected chi connectivity index (χ3v) is 5.41. The molecule has 8 nitrogen and oxygen atoms in total. The molecule has 2 unspecified atom stereocenters. The molecule has 2 saturated heterocycles. The minimum absolute atomic E-state index is 0.0129. The highest BCUT2D eigenvalue weighted by atomic mass is 16.6. The quantitative estimate of drug-likeness (QED) is 0.741. The minimum atomic E-state index is -0.493. The molecule has 2 aliphatic rings. The van der Waals surface area contributed by atoms with Gasteiger partial charge < -0.3 is 19.1 Å². The SMILES string of the molecule is Cc1c(Oc2cccnc2)ncnc1OC1CC2CCC(C1)N2C(=O)OC(C)(C)C. The Labute approximate surface area is 176 Å². The van der Waals surface area contributed by atoms with Crippen molar-refractivity contribution in [1.29, 1.82) is 0 Å². The lowest BCUT2D eigenvalue weighted by Crippen LogP contribution is -2.50. The molecule has 2 aromatic rings. The molecule has 2 fully saturated rings. The molecule has 0 radical (unpaired) electrons. The molecule has 160 valence electrons. The molecular formula is C22H28N4O4. The fraction of sp³-hybridized carbons (Fsp3) is 0.545. The molecule has 0 saturated carbocycles. The molecular weight excluding hydrogens is 384 g/mol. The van der Waals surface area contributed by atoms with Gasteiger partial charge in [0.2, 0.25) is 11.8 Å². The van der Waals surface area contributed by atoms with Gasteiger partial charge in [-0.1, -0.05) is 0 Å². The number of aromatic nitrogens is 3. The van der Waals surface area contributed by atoms with Gasteiger partial charge in [0, 0.05) is 31.1 Å². The van der Waals surface area contributed by atoms with Gasteiger partial charge in [-0.3, -0.25) is 4.98 Å². The van der Waals surface area contributed by atoms with Gasteiger partial charge in [-0.05, 0) is 52.7 Å². The number of amides is 1. The first-order chi connectivity index (χ1) is 14.3. The Balaban J connectivity index is 1.43. The maximum Gasteiger partial charge on any atom is 0.410 e. The molecule has 4 rings (SSSR count). The standard InChI is InChI=1S/C22H28N4O4/c1-14-19(28-17-6-5-9-23-12-17)24-13-25-20(14)29-18-10-15-7-8-16(11-18)26(15)21(27)30-22(2,3)4/h5-6,9,12-13,15-16,18H,7-8,10-11H2,1-4H3. The van der Waals surface area contributed by atoms with Gasteiger partial charge in [-0.15, -0.1) is 0 Å². The topological polar surface area (TPSA) is 86.7 Å². The Morgan fingerprint density at radius 3 is 2.47 bits per heavy atom. The lowest BCUT2D eigenvalue weighted by atomic mass is 10.00. The second-order valence-corrected chi connectivity index (χ2v) is 8.88. The van der Waals surface area contributed by atoms with Crippen LogP contribution in [-0.4, -0.2) is 49.7 Å². The molecule has 0 spiro atoms. The summed E-state index contributed by atoms with van der Waals surface area (Å²) in [5.41, 5.74) is 0.246. The highest BCUT2D eigenvalue weighted by Gasteiger charge is 2.45. The zero-order valence-electron chi connectivity index (χ0n) is 17.9. The van der Waals surface area contributed by atoms with Crippen molar-refractivity contribution in [1.82, 2.24) is 19.9 Å². The van der Waals surface area contributed by atoms with Crippen molar-refractivity contribution in [2.75, 3.05) is 0 Å². The monoisotopic (exact) mass is 412 g/mol. The van der Waals surface area contributed by atoms with Gasteiger partial charge >= 0.3 is 6.09 Å². The summed E-state index contributed by atoms with van der Waals surface area (Å²) in [6, 6.07) is 3.89. The van der Waals surface area contributed by atoms with Crippen LogP contribution in [0.1, 0.15) is 52.0 Å². The van der Waals surface area contributed by atoms with Crippen molar-refractivity contribution in [3.63, 3.8) is 0 Å². The zero-order chi connectivity index (χ0) is 21.3. The van der Waals surface area contributed by atoms with E-state index in [0.29, 0.717) is 17.5 Å². The third-order valence-electron chi connectivity index (χ3n) is 5.41. The molecule has 30 heavy (non-hydrogen) atoms. The summed E-state index contributed by atoms with van der Waals surface area (Å²) in [6.45, 7) is 7.56. The molecule has 1 amide bonds. The number of hydrogen-bond acceptors (Lipinski definition) is 7. The predicted octanol–water partition coefficient (Wildman–Crippen LogP) is 4.28. The Kier molecular flexibility index (Phi) is 5.49. The van der Waals surface area contributed by atoms with E-state index in [-0.39, 0.29) is 24.3 Å². The van der Waals surface area contributed by atoms with Crippen molar-refractivity contribution in [3.05, 3.63) is 36.4 Å². The first-order valence-corrected chi connectivity index (χ1v) is 10.4. The molecule has 2 aromatic heterocycles. The fourth-order valence-electron chi connectivity index (χ4n) is 4.15. The highest BCUT2D eigenvalue weighted by Crippen LogP contribution is 2.39. The van der Waals surface area contributed by atoms with Gasteiger partial charge in [0.1, 0.15) is 23.8 Å². The highest BCUT2D eigenvalue weighted by molar-refractivity contribution is 5.69. The van der Waals surface area contributed by atoms with E-state index in [1.807, 2.05) is 38.7 Å². The number of carbonyl (C=O) groups is 1. The summed E-state index contributed by atoms with van der Waals surface area (Å²) >= 11 is 0. The number of nitrogens with zero attached hydrogens (tertiary/aromatic N) is 4. The van der Waals surface area contributed by atoms with E-state index in [9.17, 15) is 4.79 Å². The third kappa shape index (κ3) is 4.47. The van der Waals surface area contributed by atoms with Crippen molar-refractivity contribution < 1.29 is 19.0 Å². The van der Waals surface area contributed by atoms with Crippen LogP contribution in [0.4, 0.5) is 4.79 Å². The number of fused-ring (bicyclic) bond motifs is 2. The molecule has 2 aliphatic heterocycles. The second-order valence-electron chi connectivity index (χ2n) is 8.88. The molecule has 2 bridgehead atoms. The number of piperidine rings is 1. The van der Waals surface area contributed by atoms with Gasteiger partial charge in [0.15, 0.2) is 0 Å². The van der Waals surface area contributed by atoms with Gasteiger partial charge in [0.25, 0.3) is 0 Å². The average Bonchev–Trinajstić information content (AvgIpc) is 2.96. The van der Waals surface area contributed by atoms with Crippen LogP contribution in [0.5, 0.6) is 17.5 Å². The Hall–Kier alpha value is -2.90. The van der Waals surface area contributed by atoms with Gasteiger partial charge in [-0.25, -0.2) is 14.8 Å². The number of hydrogen-bond donors (Lipinski definition) is 0. The normalized spacial score (nSPS) is 23.2. The van der Waals surface area contributed by atoms with E-state index in [0.717, 1.165) is 31.2 Å². The van der Waals surface area contributed by atoms with E-state index in [1.165, 1.54) is 6.33 Å². The Morgan fingerprint density at radius 1 is 1.13 bits per heavy atom. The molecule has 0 aliphatic carbocycles. The van der Waals surface area contributed by atoms with Crippen LogP contribution in [-0.2, 0) is 4.74 Å². The van der Waals surface area contributed by atoms with Crippen LogP contribution in [0.15, 0.2) is 30.9 Å². The summed E-state index contributed by atoms with van der Waals surface area (Å²) in [4.78, 5) is 27.1. The first kappa shape index (κ1) is 20.4.